The van der Waals surface area contributed by atoms with Crippen molar-refractivity contribution in [3.8, 4) is 0 Å². The van der Waals surface area contributed by atoms with Crippen LogP contribution in [-0.2, 0) is 4.79 Å². The van der Waals surface area contributed by atoms with Gasteiger partial charge in [0.2, 0.25) is 0 Å². The van der Waals surface area contributed by atoms with Crippen LogP contribution >= 0.6 is 0 Å². The van der Waals surface area contributed by atoms with Crippen molar-refractivity contribution < 1.29 is 15.0 Å². The Labute approximate surface area is 53.3 Å². The zero-order valence-electron chi connectivity index (χ0n) is 5.08. The van der Waals surface area contributed by atoms with Crippen molar-refractivity contribution in [3.63, 3.8) is 0 Å². The molecule has 1 fully saturated rings. The van der Waals surface area contributed by atoms with Crippen LogP contribution in [0.15, 0.2) is 0 Å². The molecular formula is C6H10O3. The first-order valence-corrected chi connectivity index (χ1v) is 3.09. The van der Waals surface area contributed by atoms with Gasteiger partial charge in [-0.2, -0.15) is 0 Å². The third-order valence-electron chi connectivity index (χ3n) is 1.58. The van der Waals surface area contributed by atoms with Crippen molar-refractivity contribution in [2.75, 3.05) is 0 Å². The fourth-order valence-corrected chi connectivity index (χ4v) is 0.982. The molecule has 0 radical (unpaired) electrons. The summed E-state index contributed by atoms with van der Waals surface area (Å²) in [5.41, 5.74) is 0. The summed E-state index contributed by atoms with van der Waals surface area (Å²) in [6.45, 7) is 0. The molecule has 1 aliphatic rings. The third kappa shape index (κ3) is 1.50. The molecule has 52 valence electrons. The number of hydrogen-bond donors (Lipinski definition) is 2. The van der Waals surface area contributed by atoms with Gasteiger partial charge in [0.15, 0.2) is 5.78 Å². The highest BCUT2D eigenvalue weighted by Crippen LogP contribution is 2.14. The van der Waals surface area contributed by atoms with Crippen LogP contribution in [-0.4, -0.2) is 28.2 Å². The molecule has 1 saturated carbocycles. The normalized spacial score (nSPS) is 36.9. The topological polar surface area (TPSA) is 57.5 Å². The lowest BCUT2D eigenvalue weighted by molar-refractivity contribution is -0.132. The minimum Gasteiger partial charge on any atom is -0.393 e. The fraction of sp³-hybridized carbons (Fsp3) is 0.833. The van der Waals surface area contributed by atoms with Crippen LogP contribution in [0, 0.1) is 0 Å². The molecule has 0 aromatic carbocycles. The molecule has 0 aliphatic heterocycles. The van der Waals surface area contributed by atoms with E-state index in [0.29, 0.717) is 12.8 Å². The number of hydrogen-bond acceptors (Lipinski definition) is 3. The summed E-state index contributed by atoms with van der Waals surface area (Å²) in [4.78, 5) is 10.6. The summed E-state index contributed by atoms with van der Waals surface area (Å²) >= 11 is 0. The maximum atomic E-state index is 10.6. The molecule has 0 aromatic heterocycles. The molecule has 1 aliphatic carbocycles. The Hall–Kier alpha value is -0.410. The molecule has 1 rings (SSSR count). The van der Waals surface area contributed by atoms with E-state index in [0.717, 1.165) is 0 Å². The summed E-state index contributed by atoms with van der Waals surface area (Å²) in [6.07, 6.45) is -0.233. The van der Waals surface area contributed by atoms with Gasteiger partial charge in [0.05, 0.1) is 6.10 Å². The molecule has 0 bridgehead atoms. The van der Waals surface area contributed by atoms with E-state index in [1.807, 2.05) is 0 Å². The lowest BCUT2D eigenvalue weighted by Gasteiger charge is -2.19. The largest absolute Gasteiger partial charge is 0.393 e. The Bertz CT molecular complexity index is 121. The van der Waals surface area contributed by atoms with E-state index in [1.165, 1.54) is 0 Å². The summed E-state index contributed by atoms with van der Waals surface area (Å²) < 4.78 is 0. The first-order valence-electron chi connectivity index (χ1n) is 3.09. The van der Waals surface area contributed by atoms with Crippen LogP contribution in [0.1, 0.15) is 19.3 Å². The highest BCUT2D eigenvalue weighted by atomic mass is 16.3. The van der Waals surface area contributed by atoms with Crippen molar-refractivity contribution in [1.29, 1.82) is 0 Å². The molecule has 0 heterocycles. The Morgan fingerprint density at radius 2 is 2.00 bits per heavy atom. The smallest absolute Gasteiger partial charge is 0.163 e. The second-order valence-corrected chi connectivity index (χ2v) is 2.42. The molecule has 9 heavy (non-hydrogen) atoms. The molecule has 2 unspecified atom stereocenters. The number of Topliss-reactive ketones (excluding diaryl/α,β-unsaturated/α-hetero) is 1. The quantitative estimate of drug-likeness (QED) is 0.463. The van der Waals surface area contributed by atoms with E-state index >= 15 is 0 Å². The van der Waals surface area contributed by atoms with Crippen molar-refractivity contribution in [2.24, 2.45) is 0 Å². The highest BCUT2D eigenvalue weighted by molar-refractivity contribution is 5.83. The number of carbonyl (C=O) groups is 1. The van der Waals surface area contributed by atoms with Gasteiger partial charge in [-0.15, -0.1) is 0 Å². The van der Waals surface area contributed by atoms with Gasteiger partial charge < -0.3 is 10.2 Å². The molecule has 0 amide bonds. The van der Waals surface area contributed by atoms with Gasteiger partial charge in [-0.05, 0) is 12.8 Å². The average molecular weight is 130 g/mol. The predicted octanol–water partition coefficient (Wildman–Crippen LogP) is -0.539. The molecule has 0 aromatic rings. The van der Waals surface area contributed by atoms with Crippen molar-refractivity contribution >= 4 is 5.78 Å². The number of aliphatic hydroxyl groups excluding tert-OH is 2. The van der Waals surface area contributed by atoms with Gasteiger partial charge in [0.25, 0.3) is 0 Å². The van der Waals surface area contributed by atoms with Crippen LogP contribution < -0.4 is 0 Å². The molecular weight excluding hydrogens is 120 g/mol. The van der Waals surface area contributed by atoms with Gasteiger partial charge in [-0.25, -0.2) is 0 Å². The standard InChI is InChI=1S/C6H10O3/c7-4-1-2-5(8)6(9)3-4/h4-5,7-8H,1-3H2. The number of rotatable bonds is 0. The van der Waals surface area contributed by atoms with Crippen LogP contribution in [0.5, 0.6) is 0 Å². The minimum absolute atomic E-state index is 0.126. The number of carbonyl (C=O) groups excluding carboxylic acids is 1. The number of ketones is 1. The van der Waals surface area contributed by atoms with Crippen LogP contribution in [0.2, 0.25) is 0 Å². The van der Waals surface area contributed by atoms with Gasteiger partial charge in [-0.3, -0.25) is 4.79 Å². The summed E-state index contributed by atoms with van der Waals surface area (Å²) in [5, 5.41) is 17.7. The van der Waals surface area contributed by atoms with Crippen LogP contribution in [0.3, 0.4) is 0 Å². The van der Waals surface area contributed by atoms with E-state index in [1.54, 1.807) is 0 Å². The van der Waals surface area contributed by atoms with Gasteiger partial charge >= 0.3 is 0 Å². The summed E-state index contributed by atoms with van der Waals surface area (Å²) in [7, 11) is 0. The van der Waals surface area contributed by atoms with E-state index in [9.17, 15) is 4.79 Å². The van der Waals surface area contributed by atoms with Crippen molar-refractivity contribution in [3.05, 3.63) is 0 Å². The minimum atomic E-state index is -0.812. The van der Waals surface area contributed by atoms with Crippen LogP contribution in [0.25, 0.3) is 0 Å². The van der Waals surface area contributed by atoms with E-state index in [4.69, 9.17) is 10.2 Å². The maximum absolute atomic E-state index is 10.6. The maximum Gasteiger partial charge on any atom is 0.163 e. The average Bonchev–Trinajstić information content (AvgIpc) is 1.80. The molecule has 3 heteroatoms. The Kier molecular flexibility index (Phi) is 1.83. The summed E-state index contributed by atoms with van der Waals surface area (Å²) in [6, 6.07) is 0. The van der Waals surface area contributed by atoms with Gasteiger partial charge in [0, 0.05) is 6.42 Å². The summed E-state index contributed by atoms with van der Waals surface area (Å²) in [5.74, 6) is -0.228. The molecule has 0 spiro atoms. The predicted molar refractivity (Wildman–Crippen MR) is 30.9 cm³/mol. The van der Waals surface area contributed by atoms with Crippen molar-refractivity contribution in [1.82, 2.24) is 0 Å². The molecule has 0 saturated heterocycles. The second-order valence-electron chi connectivity index (χ2n) is 2.42. The van der Waals surface area contributed by atoms with Crippen molar-refractivity contribution in [2.45, 2.75) is 31.5 Å². The molecule has 2 atom stereocenters. The van der Waals surface area contributed by atoms with E-state index in [2.05, 4.69) is 0 Å². The van der Waals surface area contributed by atoms with Crippen LogP contribution in [0.4, 0.5) is 0 Å². The fourth-order valence-electron chi connectivity index (χ4n) is 0.982. The second kappa shape index (κ2) is 2.45. The zero-order chi connectivity index (χ0) is 6.85. The zero-order valence-corrected chi connectivity index (χ0v) is 5.08. The molecule has 3 nitrogen and oxygen atoms in total. The monoisotopic (exact) mass is 130 g/mol. The molecule has 2 N–H and O–H groups in total. The number of aliphatic hydroxyl groups is 2. The lowest BCUT2D eigenvalue weighted by Crippen LogP contribution is -2.31. The Morgan fingerprint density at radius 1 is 1.33 bits per heavy atom. The Balaban J connectivity index is 2.44. The van der Waals surface area contributed by atoms with E-state index < -0.39 is 12.2 Å². The Morgan fingerprint density at radius 3 is 2.44 bits per heavy atom. The third-order valence-corrected chi connectivity index (χ3v) is 1.58. The van der Waals surface area contributed by atoms with Gasteiger partial charge in [0.1, 0.15) is 6.10 Å². The first-order chi connectivity index (χ1) is 4.20. The first kappa shape index (κ1) is 6.71. The lowest BCUT2D eigenvalue weighted by atomic mass is 9.94. The SMILES string of the molecule is O=C1CC(O)CCC1O. The van der Waals surface area contributed by atoms with Gasteiger partial charge in [-0.1, -0.05) is 0 Å². The highest BCUT2D eigenvalue weighted by Gasteiger charge is 2.24. The van der Waals surface area contributed by atoms with E-state index in [-0.39, 0.29) is 12.2 Å².